The smallest absolute Gasteiger partial charge is 0.298 e. The first-order valence-electron chi connectivity index (χ1n) is 13.6. The zero-order valence-electron chi connectivity index (χ0n) is 23.8. The molecule has 0 saturated heterocycles. The molecule has 0 fully saturated rings. The van der Waals surface area contributed by atoms with Crippen molar-refractivity contribution in [1.29, 1.82) is 5.26 Å². The molecule has 2 aliphatic rings. The van der Waals surface area contributed by atoms with Crippen molar-refractivity contribution in [3.8, 4) is 11.8 Å². The molecule has 1 N–H and O–H groups in total. The number of fused-ring (bicyclic) bond motifs is 3. The number of halogens is 3. The van der Waals surface area contributed by atoms with Gasteiger partial charge < -0.3 is 15.0 Å². The third kappa shape index (κ3) is 4.96. The number of hydrogen-bond donors (Lipinski definition) is 1. The number of alkyl halides is 2. The van der Waals surface area contributed by atoms with Crippen molar-refractivity contribution in [3.63, 3.8) is 0 Å². The van der Waals surface area contributed by atoms with Crippen LogP contribution >= 0.6 is 0 Å². The van der Waals surface area contributed by atoms with Crippen molar-refractivity contribution in [2.24, 2.45) is 0 Å². The van der Waals surface area contributed by atoms with E-state index in [2.05, 4.69) is 10.4 Å². The number of methoxy groups -OCH3 is 1. The summed E-state index contributed by atoms with van der Waals surface area (Å²) in [6, 6.07) is 14.5. The van der Waals surface area contributed by atoms with E-state index in [1.165, 1.54) is 77.2 Å². The number of carbonyl (C=O) groups is 3. The highest BCUT2D eigenvalue weighted by atomic mass is 19.3. The summed E-state index contributed by atoms with van der Waals surface area (Å²) in [5, 5.41) is 16.4. The quantitative estimate of drug-likeness (QED) is 0.328. The number of anilines is 2. The summed E-state index contributed by atoms with van der Waals surface area (Å²) in [6.45, 7) is 1.46. The molecule has 6 rings (SSSR count). The first-order valence-corrected chi connectivity index (χ1v) is 13.6. The molecule has 2 aliphatic heterocycles. The van der Waals surface area contributed by atoms with Crippen LogP contribution in [-0.4, -0.2) is 52.1 Å². The lowest BCUT2D eigenvalue weighted by molar-refractivity contribution is -0.126. The van der Waals surface area contributed by atoms with E-state index < -0.39 is 35.2 Å². The van der Waals surface area contributed by atoms with Gasteiger partial charge in [-0.1, -0.05) is 12.1 Å². The van der Waals surface area contributed by atoms with E-state index >= 15 is 8.78 Å². The number of amides is 3. The Morgan fingerprint density at radius 3 is 2.36 bits per heavy atom. The summed E-state index contributed by atoms with van der Waals surface area (Å²) < 4.78 is 50.3. The second kappa shape index (κ2) is 11.0. The van der Waals surface area contributed by atoms with Gasteiger partial charge in [-0.2, -0.15) is 19.1 Å². The summed E-state index contributed by atoms with van der Waals surface area (Å²) in [7, 11) is 1.40. The standard InChI is InChI=1S/C32H23F3N6O4/c1-18(42)39-16-26-27(17-39)41-29(25(15-37-41)38-30(43)19-3-12-28(45-2)20(13-19)14-36)31(44)40(26)24-10-6-22(7-11-24)32(34,35)21-4-8-23(33)9-5-21/h3-13,15,17,26H,16H2,1-2H3,(H,38,43)/t26-/m0/s1. The van der Waals surface area contributed by atoms with E-state index in [-0.39, 0.29) is 46.2 Å². The molecule has 13 heteroatoms. The highest BCUT2D eigenvalue weighted by Crippen LogP contribution is 2.40. The van der Waals surface area contributed by atoms with Gasteiger partial charge >= 0.3 is 0 Å². The van der Waals surface area contributed by atoms with Crippen LogP contribution in [0.3, 0.4) is 0 Å². The van der Waals surface area contributed by atoms with E-state index in [4.69, 9.17) is 4.74 Å². The van der Waals surface area contributed by atoms with Gasteiger partial charge in [0.15, 0.2) is 5.69 Å². The molecule has 1 aromatic heterocycles. The van der Waals surface area contributed by atoms with Crippen LogP contribution in [0.25, 0.3) is 5.70 Å². The number of rotatable bonds is 6. The van der Waals surface area contributed by atoms with E-state index in [0.29, 0.717) is 11.4 Å². The van der Waals surface area contributed by atoms with Crippen LogP contribution in [0.4, 0.5) is 24.5 Å². The molecule has 0 aliphatic carbocycles. The monoisotopic (exact) mass is 612 g/mol. The van der Waals surface area contributed by atoms with Crippen molar-refractivity contribution in [1.82, 2.24) is 14.7 Å². The molecule has 3 amide bonds. The van der Waals surface area contributed by atoms with Crippen molar-refractivity contribution < 1.29 is 32.3 Å². The van der Waals surface area contributed by atoms with E-state index in [1.807, 2.05) is 6.07 Å². The molecule has 0 spiro atoms. The van der Waals surface area contributed by atoms with Gasteiger partial charge in [-0.25, -0.2) is 9.07 Å². The van der Waals surface area contributed by atoms with Crippen molar-refractivity contribution >= 4 is 34.8 Å². The average Bonchev–Trinajstić information content (AvgIpc) is 3.66. The second-order valence-corrected chi connectivity index (χ2v) is 10.3. The Kier molecular flexibility index (Phi) is 7.12. The lowest BCUT2D eigenvalue weighted by atomic mass is 9.99. The van der Waals surface area contributed by atoms with Crippen LogP contribution in [0.5, 0.6) is 5.75 Å². The maximum atomic E-state index is 15.3. The Hall–Kier alpha value is -5.90. The van der Waals surface area contributed by atoms with Crippen molar-refractivity contribution in [3.05, 3.63) is 113 Å². The minimum atomic E-state index is -3.44. The fourth-order valence-electron chi connectivity index (χ4n) is 5.39. The Morgan fingerprint density at radius 1 is 1.07 bits per heavy atom. The lowest BCUT2D eigenvalue weighted by Gasteiger charge is -2.35. The van der Waals surface area contributed by atoms with E-state index in [1.54, 1.807) is 6.20 Å². The first-order chi connectivity index (χ1) is 21.5. The number of nitrogens with zero attached hydrogens (tertiary/aromatic N) is 5. The molecule has 10 nitrogen and oxygen atoms in total. The SMILES string of the molecule is COc1ccc(C(=O)Nc2cnn3c2C(=O)N(c2ccc(C(F)(F)c4ccc(F)cc4)cc2)[C@H]2CN(C(C)=O)C=C23)cc1C#N. The molecule has 3 aromatic carbocycles. The predicted molar refractivity (Wildman–Crippen MR) is 156 cm³/mol. The summed E-state index contributed by atoms with van der Waals surface area (Å²) in [5.74, 6) is -5.29. The predicted octanol–water partition coefficient (Wildman–Crippen LogP) is 4.98. The fourth-order valence-corrected chi connectivity index (χ4v) is 5.39. The van der Waals surface area contributed by atoms with Crippen molar-refractivity contribution in [2.75, 3.05) is 23.9 Å². The van der Waals surface area contributed by atoms with Gasteiger partial charge in [-0.05, 0) is 54.6 Å². The molecular formula is C32H23F3N6O4. The molecule has 1 atom stereocenters. The second-order valence-electron chi connectivity index (χ2n) is 10.3. The largest absolute Gasteiger partial charge is 0.495 e. The molecule has 3 heterocycles. The van der Waals surface area contributed by atoms with Crippen LogP contribution in [0, 0.1) is 17.1 Å². The van der Waals surface area contributed by atoms with Crippen LogP contribution in [0.1, 0.15) is 44.5 Å². The zero-order valence-corrected chi connectivity index (χ0v) is 23.8. The minimum Gasteiger partial charge on any atom is -0.495 e. The molecular weight excluding hydrogens is 589 g/mol. The molecule has 226 valence electrons. The first kappa shape index (κ1) is 29.2. The van der Waals surface area contributed by atoms with Gasteiger partial charge in [0, 0.05) is 35.5 Å². The number of ether oxygens (including phenoxy) is 1. The van der Waals surface area contributed by atoms with Crippen LogP contribution in [0.15, 0.2) is 79.1 Å². The molecule has 0 radical (unpaired) electrons. The summed E-state index contributed by atoms with van der Waals surface area (Å²) in [4.78, 5) is 42.3. The van der Waals surface area contributed by atoms with E-state index in [9.17, 15) is 24.0 Å². The van der Waals surface area contributed by atoms with Gasteiger partial charge in [0.05, 0.1) is 42.8 Å². The Morgan fingerprint density at radius 2 is 1.73 bits per heavy atom. The van der Waals surface area contributed by atoms with Gasteiger partial charge in [0.25, 0.3) is 17.7 Å². The third-order valence-electron chi connectivity index (χ3n) is 7.70. The van der Waals surface area contributed by atoms with E-state index in [0.717, 1.165) is 24.3 Å². The van der Waals surface area contributed by atoms with Gasteiger partial charge in [-0.15, -0.1) is 0 Å². The zero-order chi connectivity index (χ0) is 32.0. The molecule has 0 bridgehead atoms. The van der Waals surface area contributed by atoms with Gasteiger partial charge in [0.1, 0.15) is 17.6 Å². The normalized spacial score (nSPS) is 15.6. The number of hydrogen-bond acceptors (Lipinski definition) is 6. The Bertz CT molecular complexity index is 1930. The average molecular weight is 613 g/mol. The fraction of sp³-hybridized carbons (Fsp3) is 0.156. The number of aromatic nitrogens is 2. The number of nitriles is 1. The van der Waals surface area contributed by atoms with Gasteiger partial charge in [-0.3, -0.25) is 19.3 Å². The number of nitrogens with one attached hydrogen (secondary N) is 1. The summed E-state index contributed by atoms with van der Waals surface area (Å²) in [6.07, 6.45) is 2.85. The topological polar surface area (TPSA) is 121 Å². The lowest BCUT2D eigenvalue weighted by Crippen LogP contribution is -2.49. The molecule has 45 heavy (non-hydrogen) atoms. The van der Waals surface area contributed by atoms with Crippen LogP contribution in [0.2, 0.25) is 0 Å². The number of carbonyl (C=O) groups excluding carboxylic acids is 3. The highest BCUT2D eigenvalue weighted by Gasteiger charge is 2.44. The maximum absolute atomic E-state index is 15.3. The minimum absolute atomic E-state index is 0.0222. The van der Waals surface area contributed by atoms with Crippen LogP contribution < -0.4 is 15.0 Å². The molecule has 4 aromatic rings. The molecule has 0 saturated carbocycles. The summed E-state index contributed by atoms with van der Waals surface area (Å²) in [5.41, 5.74) is 0.258. The number of benzene rings is 3. The van der Waals surface area contributed by atoms with Crippen molar-refractivity contribution in [2.45, 2.75) is 18.9 Å². The Labute approximate surface area is 254 Å². The highest BCUT2D eigenvalue weighted by molar-refractivity contribution is 6.15. The van der Waals surface area contributed by atoms with Gasteiger partial charge in [0.2, 0.25) is 5.91 Å². The maximum Gasteiger partial charge on any atom is 0.298 e. The summed E-state index contributed by atoms with van der Waals surface area (Å²) >= 11 is 0. The molecule has 0 unspecified atom stereocenters. The third-order valence-corrected chi connectivity index (χ3v) is 7.70. The Balaban J connectivity index is 1.36. The van der Waals surface area contributed by atoms with Crippen LogP contribution in [-0.2, 0) is 10.7 Å².